The zero-order valence-electron chi connectivity index (χ0n) is 12.5. The Labute approximate surface area is 125 Å². The van der Waals surface area contributed by atoms with Crippen LogP contribution < -0.4 is 10.1 Å². The summed E-state index contributed by atoms with van der Waals surface area (Å²) in [5.74, 6) is 0.852. The lowest BCUT2D eigenvalue weighted by Gasteiger charge is -2.13. The summed E-state index contributed by atoms with van der Waals surface area (Å²) in [6.07, 6.45) is 4.49. The maximum absolute atomic E-state index is 12.0. The van der Waals surface area contributed by atoms with Crippen LogP contribution in [0.1, 0.15) is 25.0 Å². The summed E-state index contributed by atoms with van der Waals surface area (Å²) in [6, 6.07) is 9.62. The Hall–Kier alpha value is -2.23. The number of furan rings is 1. The predicted octanol–water partition coefficient (Wildman–Crippen LogP) is 2.97. The molecule has 0 saturated heterocycles. The number of carbonyl (C=O) groups excluding carboxylic acids is 1. The van der Waals surface area contributed by atoms with Crippen molar-refractivity contribution in [3.8, 4) is 5.75 Å². The van der Waals surface area contributed by atoms with Gasteiger partial charge in [0.2, 0.25) is 5.91 Å². The first-order chi connectivity index (χ1) is 10.2. The first kappa shape index (κ1) is 15.2. The van der Waals surface area contributed by atoms with Crippen molar-refractivity contribution in [2.75, 3.05) is 6.61 Å². The molecule has 1 aromatic heterocycles. The van der Waals surface area contributed by atoms with E-state index < -0.39 is 0 Å². The molecule has 0 fully saturated rings. The molecule has 0 unspecified atom stereocenters. The first-order valence-electron chi connectivity index (χ1n) is 7.19. The number of hydrogen-bond acceptors (Lipinski definition) is 3. The highest BCUT2D eigenvalue weighted by atomic mass is 16.5. The van der Waals surface area contributed by atoms with Crippen molar-refractivity contribution in [3.05, 3.63) is 54.0 Å². The molecule has 0 spiro atoms. The van der Waals surface area contributed by atoms with E-state index in [1.807, 2.05) is 44.2 Å². The Kier molecular flexibility index (Phi) is 5.43. The Morgan fingerprint density at radius 3 is 2.62 bits per heavy atom. The number of ether oxygens (including phenoxy) is 1. The maximum Gasteiger partial charge on any atom is 0.224 e. The van der Waals surface area contributed by atoms with E-state index in [-0.39, 0.29) is 11.9 Å². The van der Waals surface area contributed by atoms with Crippen LogP contribution in [0.5, 0.6) is 5.75 Å². The molecule has 0 aliphatic carbocycles. The summed E-state index contributed by atoms with van der Waals surface area (Å²) in [7, 11) is 0. The molecule has 1 N–H and O–H groups in total. The fraction of sp³-hybridized carbons (Fsp3) is 0.353. The van der Waals surface area contributed by atoms with Crippen molar-refractivity contribution in [3.63, 3.8) is 0 Å². The van der Waals surface area contributed by atoms with Gasteiger partial charge in [-0.1, -0.05) is 12.1 Å². The zero-order valence-corrected chi connectivity index (χ0v) is 12.5. The summed E-state index contributed by atoms with van der Waals surface area (Å²) >= 11 is 0. The minimum Gasteiger partial charge on any atom is -0.494 e. The van der Waals surface area contributed by atoms with Crippen LogP contribution in [0.3, 0.4) is 0 Å². The van der Waals surface area contributed by atoms with E-state index in [0.717, 1.165) is 23.3 Å². The Morgan fingerprint density at radius 1 is 1.24 bits per heavy atom. The largest absolute Gasteiger partial charge is 0.494 e. The van der Waals surface area contributed by atoms with E-state index in [1.165, 1.54) is 0 Å². The van der Waals surface area contributed by atoms with Crippen molar-refractivity contribution >= 4 is 5.91 Å². The van der Waals surface area contributed by atoms with Crippen LogP contribution in [0.4, 0.5) is 0 Å². The number of nitrogens with one attached hydrogen (secondary N) is 1. The summed E-state index contributed by atoms with van der Waals surface area (Å²) in [5.41, 5.74) is 2.07. The van der Waals surface area contributed by atoms with Gasteiger partial charge in [-0.15, -0.1) is 0 Å². The van der Waals surface area contributed by atoms with Crippen molar-refractivity contribution in [1.29, 1.82) is 0 Å². The number of amides is 1. The van der Waals surface area contributed by atoms with Gasteiger partial charge in [0.05, 0.1) is 25.6 Å². The Balaban J connectivity index is 1.80. The molecule has 21 heavy (non-hydrogen) atoms. The molecule has 0 saturated carbocycles. The third-order valence-corrected chi connectivity index (χ3v) is 3.13. The van der Waals surface area contributed by atoms with Crippen LogP contribution in [-0.4, -0.2) is 18.6 Å². The zero-order chi connectivity index (χ0) is 15.1. The molecule has 1 atom stereocenters. The van der Waals surface area contributed by atoms with E-state index >= 15 is 0 Å². The van der Waals surface area contributed by atoms with E-state index in [1.54, 1.807) is 12.5 Å². The SMILES string of the molecule is CCOc1ccc(CC(=O)N[C@H](C)Cc2ccoc2)cc1. The second kappa shape index (κ2) is 7.53. The summed E-state index contributed by atoms with van der Waals surface area (Å²) in [4.78, 5) is 12.0. The molecule has 112 valence electrons. The Morgan fingerprint density at radius 2 is 2.00 bits per heavy atom. The second-order valence-electron chi connectivity index (χ2n) is 5.06. The van der Waals surface area contributed by atoms with Gasteiger partial charge in [0.1, 0.15) is 5.75 Å². The molecule has 2 rings (SSSR count). The van der Waals surface area contributed by atoms with Crippen LogP contribution in [0.2, 0.25) is 0 Å². The van der Waals surface area contributed by atoms with Crippen molar-refractivity contribution in [2.45, 2.75) is 32.7 Å². The first-order valence-corrected chi connectivity index (χ1v) is 7.19. The van der Waals surface area contributed by atoms with Crippen molar-refractivity contribution < 1.29 is 13.9 Å². The second-order valence-corrected chi connectivity index (χ2v) is 5.06. The summed E-state index contributed by atoms with van der Waals surface area (Å²) in [5, 5.41) is 2.99. The van der Waals surface area contributed by atoms with Gasteiger partial charge in [-0.2, -0.15) is 0 Å². The van der Waals surface area contributed by atoms with Crippen molar-refractivity contribution in [1.82, 2.24) is 5.32 Å². The van der Waals surface area contributed by atoms with Crippen LogP contribution in [0.25, 0.3) is 0 Å². The molecule has 0 radical (unpaired) electrons. The van der Waals surface area contributed by atoms with Crippen LogP contribution in [0, 0.1) is 0 Å². The van der Waals surface area contributed by atoms with Gasteiger partial charge in [-0.05, 0) is 49.6 Å². The van der Waals surface area contributed by atoms with Crippen LogP contribution in [-0.2, 0) is 17.6 Å². The molecule has 1 aromatic carbocycles. The van der Waals surface area contributed by atoms with Gasteiger partial charge in [-0.3, -0.25) is 4.79 Å². The topological polar surface area (TPSA) is 51.5 Å². The lowest BCUT2D eigenvalue weighted by molar-refractivity contribution is -0.121. The molecular weight excluding hydrogens is 266 g/mol. The predicted molar refractivity (Wildman–Crippen MR) is 81.3 cm³/mol. The highest BCUT2D eigenvalue weighted by Gasteiger charge is 2.09. The van der Waals surface area contributed by atoms with Gasteiger partial charge in [-0.25, -0.2) is 0 Å². The van der Waals surface area contributed by atoms with Gasteiger partial charge >= 0.3 is 0 Å². The average Bonchev–Trinajstić information content (AvgIpc) is 2.93. The monoisotopic (exact) mass is 287 g/mol. The highest BCUT2D eigenvalue weighted by molar-refractivity contribution is 5.78. The standard InChI is InChI=1S/C17H21NO3/c1-3-21-16-6-4-14(5-7-16)11-17(19)18-13(2)10-15-8-9-20-12-15/h4-9,12-13H,3,10-11H2,1-2H3,(H,18,19)/t13-/m1/s1. The minimum absolute atomic E-state index is 0.0233. The molecule has 4 nitrogen and oxygen atoms in total. The average molecular weight is 287 g/mol. The van der Waals surface area contributed by atoms with E-state index in [2.05, 4.69) is 5.32 Å². The fourth-order valence-electron chi connectivity index (χ4n) is 2.19. The minimum atomic E-state index is 0.0233. The third kappa shape index (κ3) is 4.99. The number of rotatable bonds is 7. The molecule has 0 bridgehead atoms. The Bertz CT molecular complexity index is 546. The lowest BCUT2D eigenvalue weighted by Crippen LogP contribution is -2.35. The normalized spacial score (nSPS) is 11.9. The summed E-state index contributed by atoms with van der Waals surface area (Å²) < 4.78 is 10.4. The van der Waals surface area contributed by atoms with E-state index in [0.29, 0.717) is 13.0 Å². The number of hydrogen-bond donors (Lipinski definition) is 1. The van der Waals surface area contributed by atoms with Gasteiger partial charge in [0, 0.05) is 6.04 Å². The molecular formula is C17H21NO3. The third-order valence-electron chi connectivity index (χ3n) is 3.13. The van der Waals surface area contributed by atoms with E-state index in [4.69, 9.17) is 9.15 Å². The quantitative estimate of drug-likeness (QED) is 0.851. The molecule has 0 aliphatic heterocycles. The summed E-state index contributed by atoms with van der Waals surface area (Å²) in [6.45, 7) is 4.58. The maximum atomic E-state index is 12.0. The van der Waals surface area contributed by atoms with Gasteiger partial charge < -0.3 is 14.5 Å². The van der Waals surface area contributed by atoms with Gasteiger partial charge in [0.25, 0.3) is 0 Å². The number of carbonyl (C=O) groups is 1. The van der Waals surface area contributed by atoms with Crippen LogP contribution in [0.15, 0.2) is 47.3 Å². The molecule has 1 amide bonds. The molecule has 2 aromatic rings. The van der Waals surface area contributed by atoms with Crippen LogP contribution >= 0.6 is 0 Å². The number of benzene rings is 1. The molecule has 0 aliphatic rings. The lowest BCUT2D eigenvalue weighted by atomic mass is 10.1. The van der Waals surface area contributed by atoms with Gasteiger partial charge in [0.15, 0.2) is 0 Å². The van der Waals surface area contributed by atoms with Crippen molar-refractivity contribution in [2.24, 2.45) is 0 Å². The molecule has 4 heteroatoms. The highest BCUT2D eigenvalue weighted by Crippen LogP contribution is 2.12. The molecule has 1 heterocycles. The van der Waals surface area contributed by atoms with E-state index in [9.17, 15) is 4.79 Å². The fourth-order valence-corrected chi connectivity index (χ4v) is 2.19. The smallest absolute Gasteiger partial charge is 0.224 e.